The molecule has 2 atom stereocenters. The third-order valence-electron chi connectivity index (χ3n) is 5.16. The molecule has 0 aliphatic carbocycles. The summed E-state index contributed by atoms with van der Waals surface area (Å²) in [6, 6.07) is 16.5. The van der Waals surface area contributed by atoms with Crippen molar-refractivity contribution in [2.24, 2.45) is 5.92 Å². The van der Waals surface area contributed by atoms with E-state index in [0.29, 0.717) is 0 Å². The van der Waals surface area contributed by atoms with Crippen molar-refractivity contribution >= 4 is 11.9 Å². The van der Waals surface area contributed by atoms with Gasteiger partial charge in [0.05, 0.1) is 18.8 Å². The average molecular weight is 389 g/mol. The highest BCUT2D eigenvalue weighted by Gasteiger charge is 2.13. The van der Waals surface area contributed by atoms with Crippen LogP contribution in [0.4, 0.5) is 0 Å². The molecular weight excluding hydrogens is 360 g/mol. The van der Waals surface area contributed by atoms with E-state index in [1.54, 1.807) is 13.0 Å². The number of aliphatic hydroxyl groups excluding tert-OH is 1. The maximum absolute atomic E-state index is 11.4. The van der Waals surface area contributed by atoms with E-state index < -0.39 is 6.10 Å². The van der Waals surface area contributed by atoms with Crippen LogP contribution >= 0.6 is 0 Å². The number of nitrogens with zero attached hydrogens (tertiary/aromatic N) is 2. The number of benzene rings is 2. The Morgan fingerprint density at radius 1 is 1.14 bits per heavy atom. The summed E-state index contributed by atoms with van der Waals surface area (Å²) >= 11 is 0. The molecule has 3 aromatic rings. The molecule has 1 N–H and O–H groups in total. The first-order valence-corrected chi connectivity index (χ1v) is 9.99. The Morgan fingerprint density at radius 2 is 1.90 bits per heavy atom. The molecule has 150 valence electrons. The summed E-state index contributed by atoms with van der Waals surface area (Å²) in [4.78, 5) is 11.4. The number of carbonyl (C=O) groups is 1. The smallest absolute Gasteiger partial charge is 0.152 e. The molecule has 0 aliphatic rings. The van der Waals surface area contributed by atoms with Crippen molar-refractivity contribution in [2.75, 3.05) is 0 Å². The fraction of sp³-hybridized carbons (Fsp3) is 0.280. The fourth-order valence-electron chi connectivity index (χ4n) is 3.22. The molecule has 3 rings (SSSR count). The van der Waals surface area contributed by atoms with Crippen molar-refractivity contribution in [1.29, 1.82) is 0 Å². The van der Waals surface area contributed by atoms with E-state index in [4.69, 9.17) is 0 Å². The van der Waals surface area contributed by atoms with Crippen LogP contribution in [-0.2, 0) is 17.8 Å². The number of hydrogen-bond donors (Lipinski definition) is 1. The summed E-state index contributed by atoms with van der Waals surface area (Å²) in [7, 11) is 0. The minimum Gasteiger partial charge on any atom is -0.393 e. The summed E-state index contributed by atoms with van der Waals surface area (Å²) < 4.78 is 1.94. The van der Waals surface area contributed by atoms with Crippen LogP contribution in [0.2, 0.25) is 0 Å². The third kappa shape index (κ3) is 5.75. The Bertz CT molecular complexity index is 987. The Balaban J connectivity index is 1.88. The first-order valence-electron chi connectivity index (χ1n) is 9.99. The lowest BCUT2D eigenvalue weighted by Crippen LogP contribution is -2.16. The van der Waals surface area contributed by atoms with Gasteiger partial charge in [-0.3, -0.25) is 9.48 Å². The quantitative estimate of drug-likeness (QED) is 0.566. The Hall–Kier alpha value is -2.98. The van der Waals surface area contributed by atoms with Gasteiger partial charge in [0, 0.05) is 11.8 Å². The number of aromatic nitrogens is 2. The standard InChI is InChI=1S/C25H28N2O2/c1-18(20(3)29)13-24-14-23(12-11-22(24)10-9-19(2)28)25-15-26-27(17-25)16-21-7-5-4-6-8-21/h4-12,14-15,17-18,20,29H,13,16H2,1-3H3. The van der Waals surface area contributed by atoms with Crippen molar-refractivity contribution in [1.82, 2.24) is 9.78 Å². The molecule has 2 aromatic carbocycles. The van der Waals surface area contributed by atoms with Gasteiger partial charge in [0.1, 0.15) is 0 Å². The molecule has 0 amide bonds. The molecule has 1 aromatic heterocycles. The monoisotopic (exact) mass is 388 g/mol. The molecule has 1 heterocycles. The number of ketones is 1. The molecule has 0 radical (unpaired) electrons. The topological polar surface area (TPSA) is 55.1 Å². The van der Waals surface area contributed by atoms with Crippen molar-refractivity contribution in [3.8, 4) is 11.1 Å². The molecular formula is C25H28N2O2. The summed E-state index contributed by atoms with van der Waals surface area (Å²) in [5.41, 5.74) is 5.46. The molecule has 0 aliphatic heterocycles. The van der Waals surface area contributed by atoms with Gasteiger partial charge in [0.25, 0.3) is 0 Å². The molecule has 0 saturated carbocycles. The molecule has 0 spiro atoms. The van der Waals surface area contributed by atoms with Crippen molar-refractivity contribution in [3.63, 3.8) is 0 Å². The van der Waals surface area contributed by atoms with Crippen molar-refractivity contribution < 1.29 is 9.90 Å². The second kappa shape index (κ2) is 9.48. The van der Waals surface area contributed by atoms with E-state index in [2.05, 4.69) is 35.6 Å². The van der Waals surface area contributed by atoms with Crippen LogP contribution in [0.3, 0.4) is 0 Å². The number of rotatable bonds is 8. The molecule has 0 bridgehead atoms. The second-order valence-corrected chi connectivity index (χ2v) is 7.69. The minimum atomic E-state index is -0.392. The van der Waals surface area contributed by atoms with E-state index in [1.807, 2.05) is 55.1 Å². The first-order chi connectivity index (χ1) is 13.9. The van der Waals surface area contributed by atoms with E-state index in [0.717, 1.165) is 35.2 Å². The van der Waals surface area contributed by atoms with E-state index in [1.165, 1.54) is 5.56 Å². The number of carbonyl (C=O) groups excluding carboxylic acids is 1. The van der Waals surface area contributed by atoms with Crippen LogP contribution in [0, 0.1) is 5.92 Å². The van der Waals surface area contributed by atoms with E-state index in [9.17, 15) is 9.90 Å². The average Bonchev–Trinajstić information content (AvgIpc) is 3.16. The Morgan fingerprint density at radius 3 is 2.59 bits per heavy atom. The van der Waals surface area contributed by atoms with E-state index >= 15 is 0 Å². The van der Waals surface area contributed by atoms with E-state index in [-0.39, 0.29) is 11.7 Å². The largest absolute Gasteiger partial charge is 0.393 e. The second-order valence-electron chi connectivity index (χ2n) is 7.69. The van der Waals surface area contributed by atoms with Crippen LogP contribution < -0.4 is 0 Å². The normalized spacial score (nSPS) is 13.5. The van der Waals surface area contributed by atoms with Gasteiger partial charge in [0.2, 0.25) is 0 Å². The highest BCUT2D eigenvalue weighted by atomic mass is 16.3. The number of aliphatic hydroxyl groups is 1. The zero-order valence-electron chi connectivity index (χ0n) is 17.2. The van der Waals surface area contributed by atoms with Crippen LogP contribution in [-0.4, -0.2) is 26.8 Å². The summed E-state index contributed by atoms with van der Waals surface area (Å²) in [6.45, 7) is 6.12. The molecule has 0 fully saturated rings. The number of hydrogen-bond acceptors (Lipinski definition) is 3. The molecule has 0 saturated heterocycles. The summed E-state index contributed by atoms with van der Waals surface area (Å²) in [5, 5.41) is 14.4. The van der Waals surface area contributed by atoms with Crippen LogP contribution in [0.25, 0.3) is 17.2 Å². The van der Waals surface area contributed by atoms with Gasteiger partial charge in [-0.25, -0.2) is 0 Å². The highest BCUT2D eigenvalue weighted by Crippen LogP contribution is 2.26. The lowest BCUT2D eigenvalue weighted by molar-refractivity contribution is -0.112. The predicted molar refractivity (Wildman–Crippen MR) is 117 cm³/mol. The zero-order valence-corrected chi connectivity index (χ0v) is 17.2. The predicted octanol–water partition coefficient (Wildman–Crippen LogP) is 4.76. The van der Waals surface area contributed by atoms with Gasteiger partial charge < -0.3 is 5.11 Å². The minimum absolute atomic E-state index is 0.0192. The van der Waals surface area contributed by atoms with Crippen molar-refractivity contribution in [3.05, 3.63) is 83.7 Å². The maximum atomic E-state index is 11.4. The highest BCUT2D eigenvalue weighted by molar-refractivity contribution is 5.91. The first kappa shape index (κ1) is 20.7. The lowest BCUT2D eigenvalue weighted by Gasteiger charge is -2.17. The van der Waals surface area contributed by atoms with Crippen LogP contribution in [0.1, 0.15) is 37.5 Å². The van der Waals surface area contributed by atoms with Crippen LogP contribution in [0.15, 0.2) is 67.0 Å². The molecule has 4 nitrogen and oxygen atoms in total. The van der Waals surface area contributed by atoms with Gasteiger partial charge in [-0.2, -0.15) is 5.10 Å². The van der Waals surface area contributed by atoms with Gasteiger partial charge >= 0.3 is 0 Å². The van der Waals surface area contributed by atoms with Gasteiger partial charge in [-0.15, -0.1) is 0 Å². The molecule has 4 heteroatoms. The lowest BCUT2D eigenvalue weighted by atomic mass is 9.91. The Kier molecular flexibility index (Phi) is 6.78. The summed E-state index contributed by atoms with van der Waals surface area (Å²) in [6.07, 6.45) is 7.72. The van der Waals surface area contributed by atoms with Crippen molar-refractivity contribution in [2.45, 2.75) is 39.8 Å². The zero-order chi connectivity index (χ0) is 20.8. The fourth-order valence-corrected chi connectivity index (χ4v) is 3.22. The Labute approximate surface area is 172 Å². The van der Waals surface area contributed by atoms with Gasteiger partial charge in [-0.05, 0) is 54.5 Å². The number of allylic oxidation sites excluding steroid dienone is 1. The molecule has 29 heavy (non-hydrogen) atoms. The van der Waals surface area contributed by atoms with Crippen LogP contribution in [0.5, 0.6) is 0 Å². The third-order valence-corrected chi connectivity index (χ3v) is 5.16. The van der Waals surface area contributed by atoms with Gasteiger partial charge in [-0.1, -0.05) is 61.5 Å². The maximum Gasteiger partial charge on any atom is 0.152 e. The molecule has 2 unspecified atom stereocenters. The van der Waals surface area contributed by atoms with Gasteiger partial charge in [0.15, 0.2) is 5.78 Å². The summed E-state index contributed by atoms with van der Waals surface area (Å²) in [5.74, 6) is 0.140. The SMILES string of the molecule is CC(=O)C=Cc1ccc(-c2cnn(Cc3ccccc3)c2)cc1CC(C)C(C)O.